The summed E-state index contributed by atoms with van der Waals surface area (Å²) < 4.78 is 43.7. The predicted octanol–water partition coefficient (Wildman–Crippen LogP) is -0.00220. The monoisotopic (exact) mass is 348 g/mol. The van der Waals surface area contributed by atoms with Crippen LogP contribution >= 0.6 is 0 Å². The van der Waals surface area contributed by atoms with Crippen molar-refractivity contribution in [2.45, 2.75) is 4.90 Å². The fourth-order valence-corrected chi connectivity index (χ4v) is 2.68. The molecule has 0 spiro atoms. The topological polar surface area (TPSA) is 104 Å². The van der Waals surface area contributed by atoms with Crippen LogP contribution in [-0.4, -0.2) is 68.9 Å². The lowest BCUT2D eigenvalue weighted by Crippen LogP contribution is -2.33. The average molecular weight is 348 g/mol. The van der Waals surface area contributed by atoms with E-state index < -0.39 is 33.5 Å². The van der Waals surface area contributed by atoms with Crippen molar-refractivity contribution in [1.82, 2.24) is 9.21 Å². The van der Waals surface area contributed by atoms with Crippen LogP contribution in [-0.2, 0) is 19.6 Å². The van der Waals surface area contributed by atoms with E-state index >= 15 is 0 Å². The van der Waals surface area contributed by atoms with Crippen LogP contribution in [0, 0.1) is 5.82 Å². The Balaban J connectivity index is 2.99. The Morgan fingerprint density at radius 1 is 1.22 bits per heavy atom. The quantitative estimate of drug-likeness (QED) is 0.438. The third kappa shape index (κ3) is 4.98. The van der Waals surface area contributed by atoms with Gasteiger partial charge in [0.15, 0.2) is 11.6 Å². The molecule has 0 saturated heterocycles. The standard InChI is InChI=1S/C13H17FN2O6S/c1-15(2)6-7-16(3)23(20,21)9-4-5-11(10(14)8-9)22-13(19)12(17)18/h4-5,8H,6-7H2,1-3H3,(H,17,18). The molecule has 0 unspecified atom stereocenters. The van der Waals surface area contributed by atoms with Crippen molar-refractivity contribution >= 4 is 22.0 Å². The smallest absolute Gasteiger partial charge is 0.422 e. The van der Waals surface area contributed by atoms with Crippen LogP contribution < -0.4 is 4.74 Å². The lowest BCUT2D eigenvalue weighted by atomic mass is 10.3. The molecule has 1 aromatic rings. The van der Waals surface area contributed by atoms with Gasteiger partial charge in [-0.3, -0.25) is 0 Å². The van der Waals surface area contributed by atoms with Crippen molar-refractivity contribution in [3.63, 3.8) is 0 Å². The number of rotatable bonds is 6. The normalized spacial score (nSPS) is 11.7. The minimum Gasteiger partial charge on any atom is -0.473 e. The molecule has 128 valence electrons. The van der Waals surface area contributed by atoms with Crippen LogP contribution in [0.25, 0.3) is 0 Å². The maximum atomic E-state index is 13.8. The number of benzene rings is 1. The molecule has 0 aliphatic rings. The summed E-state index contributed by atoms with van der Waals surface area (Å²) in [6.45, 7) is 0.680. The number of aliphatic carboxylic acids is 1. The summed E-state index contributed by atoms with van der Waals surface area (Å²) in [6.07, 6.45) is 0. The Labute approximate surface area is 133 Å². The first-order valence-corrected chi connectivity index (χ1v) is 7.85. The van der Waals surface area contributed by atoms with E-state index in [2.05, 4.69) is 4.74 Å². The molecule has 8 nitrogen and oxygen atoms in total. The fraction of sp³-hybridized carbons (Fsp3) is 0.385. The molecule has 0 heterocycles. The molecule has 0 radical (unpaired) electrons. The molecule has 0 aromatic heterocycles. The number of carbonyl (C=O) groups is 2. The largest absolute Gasteiger partial charge is 0.473 e. The summed E-state index contributed by atoms with van der Waals surface area (Å²) in [4.78, 5) is 22.7. The van der Waals surface area contributed by atoms with E-state index in [-0.39, 0.29) is 11.4 Å². The van der Waals surface area contributed by atoms with Gasteiger partial charge in [-0.25, -0.2) is 22.4 Å². The van der Waals surface area contributed by atoms with E-state index in [0.717, 1.165) is 16.4 Å². The molecule has 1 aromatic carbocycles. The molecule has 0 amide bonds. The van der Waals surface area contributed by atoms with Gasteiger partial charge in [-0.05, 0) is 32.3 Å². The SMILES string of the molecule is CN(C)CCN(C)S(=O)(=O)c1ccc(OC(=O)C(=O)O)c(F)c1. The van der Waals surface area contributed by atoms with Crippen molar-refractivity contribution in [3.8, 4) is 5.75 Å². The number of carboxylic acids is 1. The highest BCUT2D eigenvalue weighted by Crippen LogP contribution is 2.23. The van der Waals surface area contributed by atoms with Crippen molar-refractivity contribution in [1.29, 1.82) is 0 Å². The molecule has 0 fully saturated rings. The number of nitrogens with zero attached hydrogens (tertiary/aromatic N) is 2. The van der Waals surface area contributed by atoms with Crippen LogP contribution in [0.2, 0.25) is 0 Å². The summed E-state index contributed by atoms with van der Waals surface area (Å²) in [5.41, 5.74) is 0. The third-order valence-electron chi connectivity index (χ3n) is 2.85. The second kappa shape index (κ2) is 7.49. The Morgan fingerprint density at radius 3 is 2.30 bits per heavy atom. The van der Waals surface area contributed by atoms with Gasteiger partial charge >= 0.3 is 11.9 Å². The first-order valence-electron chi connectivity index (χ1n) is 6.41. The summed E-state index contributed by atoms with van der Waals surface area (Å²) in [5.74, 6) is -5.36. The number of halogens is 1. The molecular weight excluding hydrogens is 331 g/mol. The number of hydrogen-bond acceptors (Lipinski definition) is 6. The molecule has 0 atom stereocenters. The number of carboxylic acid groups (broad SMARTS) is 1. The molecule has 1 rings (SSSR count). The Bertz CT molecular complexity index is 704. The zero-order valence-electron chi connectivity index (χ0n) is 12.8. The number of ether oxygens (including phenoxy) is 1. The molecular formula is C13H17FN2O6S. The Morgan fingerprint density at radius 2 is 1.83 bits per heavy atom. The first-order chi connectivity index (χ1) is 10.6. The minimum atomic E-state index is -3.91. The number of likely N-dealkylation sites (N-methyl/N-ethyl adjacent to an activating group) is 2. The molecule has 1 N–H and O–H groups in total. The highest BCUT2D eigenvalue weighted by Gasteiger charge is 2.23. The van der Waals surface area contributed by atoms with Gasteiger partial charge in [0.1, 0.15) is 0 Å². The van der Waals surface area contributed by atoms with E-state index in [0.29, 0.717) is 12.6 Å². The number of esters is 1. The molecule has 23 heavy (non-hydrogen) atoms. The lowest BCUT2D eigenvalue weighted by molar-refractivity contribution is -0.158. The zero-order chi connectivity index (χ0) is 17.8. The van der Waals surface area contributed by atoms with Crippen molar-refractivity contribution in [2.24, 2.45) is 0 Å². The minimum absolute atomic E-state index is 0.201. The average Bonchev–Trinajstić information content (AvgIpc) is 2.46. The zero-order valence-corrected chi connectivity index (χ0v) is 13.6. The van der Waals surface area contributed by atoms with E-state index in [4.69, 9.17) is 5.11 Å². The molecule has 10 heteroatoms. The van der Waals surface area contributed by atoms with Crippen LogP contribution in [0.1, 0.15) is 0 Å². The maximum Gasteiger partial charge on any atom is 0.422 e. The van der Waals surface area contributed by atoms with Gasteiger partial charge in [-0.1, -0.05) is 0 Å². The van der Waals surface area contributed by atoms with Crippen LogP contribution in [0.5, 0.6) is 5.75 Å². The molecule has 0 aliphatic heterocycles. The Kier molecular flexibility index (Phi) is 6.19. The Hall–Kier alpha value is -2.04. The van der Waals surface area contributed by atoms with Gasteiger partial charge in [0.05, 0.1) is 4.90 Å². The van der Waals surface area contributed by atoms with E-state index in [1.54, 1.807) is 19.0 Å². The summed E-state index contributed by atoms with van der Waals surface area (Å²) in [7, 11) is 1.01. The number of sulfonamides is 1. The highest BCUT2D eigenvalue weighted by atomic mass is 32.2. The second-order valence-electron chi connectivity index (χ2n) is 4.92. The van der Waals surface area contributed by atoms with E-state index in [9.17, 15) is 22.4 Å². The van der Waals surface area contributed by atoms with Crippen molar-refractivity contribution in [2.75, 3.05) is 34.2 Å². The van der Waals surface area contributed by atoms with Gasteiger partial charge in [-0.15, -0.1) is 0 Å². The second-order valence-corrected chi connectivity index (χ2v) is 6.96. The van der Waals surface area contributed by atoms with Gasteiger partial charge in [0, 0.05) is 20.1 Å². The van der Waals surface area contributed by atoms with E-state index in [1.807, 2.05) is 0 Å². The van der Waals surface area contributed by atoms with Crippen LogP contribution in [0.3, 0.4) is 0 Å². The maximum absolute atomic E-state index is 13.8. The number of carbonyl (C=O) groups excluding carboxylic acids is 1. The third-order valence-corrected chi connectivity index (χ3v) is 4.70. The van der Waals surface area contributed by atoms with Gasteiger partial charge in [-0.2, -0.15) is 4.31 Å². The van der Waals surface area contributed by atoms with Crippen LogP contribution in [0.15, 0.2) is 23.1 Å². The highest BCUT2D eigenvalue weighted by molar-refractivity contribution is 7.89. The summed E-state index contributed by atoms with van der Waals surface area (Å²) in [5, 5.41) is 8.39. The predicted molar refractivity (Wildman–Crippen MR) is 78.0 cm³/mol. The summed E-state index contributed by atoms with van der Waals surface area (Å²) >= 11 is 0. The summed E-state index contributed by atoms with van der Waals surface area (Å²) in [6, 6.07) is 2.60. The van der Waals surface area contributed by atoms with Gasteiger partial charge in [0.2, 0.25) is 10.0 Å². The van der Waals surface area contributed by atoms with Crippen molar-refractivity contribution < 1.29 is 32.2 Å². The van der Waals surface area contributed by atoms with Gasteiger partial charge in [0.25, 0.3) is 0 Å². The fourth-order valence-electron chi connectivity index (χ4n) is 1.51. The number of hydrogen-bond donors (Lipinski definition) is 1. The molecule has 0 bridgehead atoms. The lowest BCUT2D eigenvalue weighted by Gasteiger charge is -2.19. The molecule has 0 aliphatic carbocycles. The van der Waals surface area contributed by atoms with Gasteiger partial charge < -0.3 is 14.7 Å². The van der Waals surface area contributed by atoms with E-state index in [1.165, 1.54) is 7.05 Å². The first kappa shape index (κ1) is 19.0. The van der Waals surface area contributed by atoms with Crippen molar-refractivity contribution in [3.05, 3.63) is 24.0 Å². The van der Waals surface area contributed by atoms with Crippen LogP contribution in [0.4, 0.5) is 4.39 Å². The molecule has 0 saturated carbocycles.